The SMILES string of the molecule is CCOC(=O)c1ncsc1NCc1ccc(C)o1. The number of aryl methyl sites for hydroxylation is 1. The molecule has 2 aromatic heterocycles. The molecule has 0 fully saturated rings. The monoisotopic (exact) mass is 266 g/mol. The zero-order valence-electron chi connectivity index (χ0n) is 10.2. The van der Waals surface area contributed by atoms with Crippen molar-refractivity contribution in [3.05, 3.63) is 34.9 Å². The van der Waals surface area contributed by atoms with Crippen molar-refractivity contribution < 1.29 is 13.9 Å². The molecule has 6 heteroatoms. The minimum atomic E-state index is -0.406. The molecule has 1 N–H and O–H groups in total. The van der Waals surface area contributed by atoms with E-state index in [9.17, 15) is 4.79 Å². The number of carbonyl (C=O) groups is 1. The molecule has 0 aromatic carbocycles. The minimum Gasteiger partial charge on any atom is -0.465 e. The summed E-state index contributed by atoms with van der Waals surface area (Å²) in [5.41, 5.74) is 1.94. The number of thiazole rings is 1. The third kappa shape index (κ3) is 2.89. The van der Waals surface area contributed by atoms with Gasteiger partial charge in [-0.1, -0.05) is 0 Å². The number of nitrogens with one attached hydrogen (secondary N) is 1. The number of nitrogens with zero attached hydrogens (tertiary/aromatic N) is 1. The molecule has 0 amide bonds. The highest BCUT2D eigenvalue weighted by Gasteiger charge is 2.15. The Labute approximate surface area is 109 Å². The fourth-order valence-corrected chi connectivity index (χ4v) is 2.13. The van der Waals surface area contributed by atoms with Crippen molar-refractivity contribution in [2.24, 2.45) is 0 Å². The molecule has 0 saturated carbocycles. The van der Waals surface area contributed by atoms with Gasteiger partial charge in [0.05, 0.1) is 18.7 Å². The van der Waals surface area contributed by atoms with Crippen LogP contribution in [0.15, 0.2) is 22.1 Å². The first-order chi connectivity index (χ1) is 8.70. The van der Waals surface area contributed by atoms with Crippen LogP contribution in [-0.2, 0) is 11.3 Å². The summed E-state index contributed by atoms with van der Waals surface area (Å²) >= 11 is 1.37. The number of carbonyl (C=O) groups excluding carboxylic acids is 1. The molecule has 0 aliphatic rings. The second-order valence-corrected chi connectivity index (χ2v) is 4.47. The van der Waals surface area contributed by atoms with Gasteiger partial charge < -0.3 is 14.5 Å². The number of esters is 1. The van der Waals surface area contributed by atoms with Crippen LogP contribution in [0.25, 0.3) is 0 Å². The molecule has 96 valence electrons. The first-order valence-electron chi connectivity index (χ1n) is 5.60. The zero-order valence-corrected chi connectivity index (χ0v) is 11.0. The zero-order chi connectivity index (χ0) is 13.0. The van der Waals surface area contributed by atoms with Gasteiger partial charge in [0.15, 0.2) is 5.69 Å². The Kier molecular flexibility index (Phi) is 3.99. The molecule has 0 aliphatic heterocycles. The summed E-state index contributed by atoms with van der Waals surface area (Å²) in [5, 5.41) is 3.82. The summed E-state index contributed by atoms with van der Waals surface area (Å²) in [6.07, 6.45) is 0. The quantitative estimate of drug-likeness (QED) is 0.843. The van der Waals surface area contributed by atoms with E-state index in [-0.39, 0.29) is 0 Å². The second kappa shape index (κ2) is 5.68. The van der Waals surface area contributed by atoms with Gasteiger partial charge in [0.2, 0.25) is 0 Å². The normalized spacial score (nSPS) is 10.3. The summed E-state index contributed by atoms with van der Waals surface area (Å²) in [4.78, 5) is 15.6. The van der Waals surface area contributed by atoms with E-state index < -0.39 is 5.97 Å². The minimum absolute atomic E-state index is 0.324. The molecular formula is C12H14N2O3S. The van der Waals surface area contributed by atoms with Crippen molar-refractivity contribution in [2.75, 3.05) is 11.9 Å². The van der Waals surface area contributed by atoms with Crippen molar-refractivity contribution in [2.45, 2.75) is 20.4 Å². The maximum Gasteiger partial charge on any atom is 0.360 e. The number of hydrogen-bond donors (Lipinski definition) is 1. The molecule has 0 spiro atoms. The molecule has 0 saturated heterocycles. The Morgan fingerprint density at radius 3 is 3.06 bits per heavy atom. The Morgan fingerprint density at radius 2 is 2.39 bits per heavy atom. The molecule has 2 aromatic rings. The summed E-state index contributed by atoms with van der Waals surface area (Å²) in [5.74, 6) is 1.27. The molecule has 0 atom stereocenters. The summed E-state index contributed by atoms with van der Waals surface area (Å²) in [6.45, 7) is 4.51. The standard InChI is InChI=1S/C12H14N2O3S/c1-3-16-12(15)10-11(18-7-14-10)13-6-9-5-4-8(2)17-9/h4-5,7,13H,3,6H2,1-2H3. The lowest BCUT2D eigenvalue weighted by atomic mass is 10.4. The maximum absolute atomic E-state index is 11.6. The highest BCUT2D eigenvalue weighted by atomic mass is 32.1. The van der Waals surface area contributed by atoms with Crippen LogP contribution >= 0.6 is 11.3 Å². The van der Waals surface area contributed by atoms with Crippen molar-refractivity contribution in [1.29, 1.82) is 0 Å². The van der Waals surface area contributed by atoms with Gasteiger partial charge in [0.1, 0.15) is 16.5 Å². The largest absolute Gasteiger partial charge is 0.465 e. The smallest absolute Gasteiger partial charge is 0.360 e. The van der Waals surface area contributed by atoms with Gasteiger partial charge in [0, 0.05) is 0 Å². The fraction of sp³-hybridized carbons (Fsp3) is 0.333. The van der Waals surface area contributed by atoms with Crippen LogP contribution in [0.5, 0.6) is 0 Å². The molecule has 18 heavy (non-hydrogen) atoms. The number of rotatable bonds is 5. The third-order valence-corrected chi connectivity index (χ3v) is 3.04. The average Bonchev–Trinajstić information content (AvgIpc) is 2.95. The maximum atomic E-state index is 11.6. The topological polar surface area (TPSA) is 64.4 Å². The van der Waals surface area contributed by atoms with Gasteiger partial charge in [-0.2, -0.15) is 0 Å². The van der Waals surface area contributed by atoms with Crippen molar-refractivity contribution in [1.82, 2.24) is 4.98 Å². The van der Waals surface area contributed by atoms with Gasteiger partial charge in [-0.05, 0) is 26.0 Å². The number of anilines is 1. The lowest BCUT2D eigenvalue weighted by molar-refractivity contribution is 0.0521. The van der Waals surface area contributed by atoms with Gasteiger partial charge in [-0.15, -0.1) is 11.3 Å². The predicted octanol–water partition coefficient (Wildman–Crippen LogP) is 2.83. The Bertz CT molecular complexity index is 533. The number of aromatic nitrogens is 1. The molecule has 2 heterocycles. The predicted molar refractivity (Wildman–Crippen MR) is 68.8 cm³/mol. The van der Waals surface area contributed by atoms with Crippen LogP contribution in [-0.4, -0.2) is 17.6 Å². The van der Waals surface area contributed by atoms with Gasteiger partial charge in [-0.3, -0.25) is 0 Å². The highest BCUT2D eigenvalue weighted by molar-refractivity contribution is 7.14. The molecule has 0 aliphatic carbocycles. The van der Waals surface area contributed by atoms with E-state index >= 15 is 0 Å². The second-order valence-electron chi connectivity index (χ2n) is 3.62. The van der Waals surface area contributed by atoms with Crippen molar-refractivity contribution in [3.8, 4) is 0 Å². The van der Waals surface area contributed by atoms with E-state index in [4.69, 9.17) is 9.15 Å². The van der Waals surface area contributed by atoms with E-state index in [2.05, 4.69) is 10.3 Å². The van der Waals surface area contributed by atoms with Crippen LogP contribution < -0.4 is 5.32 Å². The van der Waals surface area contributed by atoms with E-state index in [1.165, 1.54) is 11.3 Å². The molecule has 2 rings (SSSR count). The lowest BCUT2D eigenvalue weighted by Gasteiger charge is -2.04. The number of furan rings is 1. The van der Waals surface area contributed by atoms with Gasteiger partial charge in [0.25, 0.3) is 0 Å². The first-order valence-corrected chi connectivity index (χ1v) is 6.48. The van der Waals surface area contributed by atoms with Gasteiger partial charge >= 0.3 is 5.97 Å². The molecule has 0 radical (unpaired) electrons. The van der Waals surface area contributed by atoms with Crippen LogP contribution in [0, 0.1) is 6.92 Å². The van der Waals surface area contributed by atoms with Crippen molar-refractivity contribution in [3.63, 3.8) is 0 Å². The number of hydrogen-bond acceptors (Lipinski definition) is 6. The fourth-order valence-electron chi connectivity index (χ4n) is 1.46. The van der Waals surface area contributed by atoms with Crippen molar-refractivity contribution >= 4 is 22.3 Å². The van der Waals surface area contributed by atoms with Crippen LogP contribution in [0.2, 0.25) is 0 Å². The Hall–Kier alpha value is -1.82. The summed E-state index contributed by atoms with van der Waals surface area (Å²) < 4.78 is 10.4. The van der Waals surface area contributed by atoms with E-state index in [1.807, 2.05) is 19.1 Å². The van der Waals surface area contributed by atoms with E-state index in [1.54, 1.807) is 12.4 Å². The summed E-state index contributed by atoms with van der Waals surface area (Å²) in [6, 6.07) is 3.79. The molecular weight excluding hydrogens is 252 g/mol. The molecule has 0 bridgehead atoms. The molecule has 5 nitrogen and oxygen atoms in total. The lowest BCUT2D eigenvalue weighted by Crippen LogP contribution is -2.08. The van der Waals surface area contributed by atoms with Gasteiger partial charge in [-0.25, -0.2) is 9.78 Å². The average molecular weight is 266 g/mol. The summed E-state index contributed by atoms with van der Waals surface area (Å²) in [7, 11) is 0. The highest BCUT2D eigenvalue weighted by Crippen LogP contribution is 2.22. The Balaban J connectivity index is 2.01. The Morgan fingerprint density at radius 1 is 1.56 bits per heavy atom. The number of ether oxygens (including phenoxy) is 1. The van der Waals surface area contributed by atoms with E-state index in [0.29, 0.717) is 23.8 Å². The first kappa shape index (κ1) is 12.6. The van der Waals surface area contributed by atoms with Crippen LogP contribution in [0.4, 0.5) is 5.00 Å². The van der Waals surface area contributed by atoms with Crippen LogP contribution in [0.1, 0.15) is 28.9 Å². The van der Waals surface area contributed by atoms with E-state index in [0.717, 1.165) is 11.5 Å². The third-order valence-electron chi connectivity index (χ3n) is 2.26. The van der Waals surface area contributed by atoms with Crippen LogP contribution in [0.3, 0.4) is 0 Å². The molecule has 0 unspecified atom stereocenters.